The first-order valence-corrected chi connectivity index (χ1v) is 7.18. The topological polar surface area (TPSA) is 128 Å². The van der Waals surface area contributed by atoms with E-state index in [2.05, 4.69) is 5.32 Å². The van der Waals surface area contributed by atoms with Crippen molar-refractivity contribution in [3.63, 3.8) is 0 Å². The van der Waals surface area contributed by atoms with E-state index in [1.165, 1.54) is 25.3 Å². The number of carboxylic acid groups (broad SMARTS) is 1. The van der Waals surface area contributed by atoms with E-state index in [4.69, 9.17) is 14.6 Å². The quantitative estimate of drug-likeness (QED) is 0.483. The Balaban J connectivity index is 2.68. The molecule has 0 aromatic heterocycles. The highest BCUT2D eigenvalue weighted by atomic mass is 16.7. The molecule has 0 amide bonds. The van der Waals surface area contributed by atoms with Crippen LogP contribution in [0.4, 0.5) is 10.5 Å². The number of carbonyl (C=O) groups excluding carboxylic acids is 1. The summed E-state index contributed by atoms with van der Waals surface area (Å²) in [6.07, 6.45) is -1.56. The number of nitro benzene ring substituents is 1. The molecule has 0 saturated heterocycles. The zero-order chi connectivity index (χ0) is 18.7. The first kappa shape index (κ1) is 18.0. The average molecular weight is 348 g/mol. The van der Waals surface area contributed by atoms with Gasteiger partial charge in [0.2, 0.25) is 0 Å². The number of methoxy groups -OCH3 is 1. The monoisotopic (exact) mass is 348 g/mol. The molecule has 0 spiro atoms. The third-order valence-corrected chi connectivity index (χ3v) is 3.72. The Labute approximate surface area is 142 Å². The van der Waals surface area contributed by atoms with E-state index in [1.54, 1.807) is 19.9 Å². The van der Waals surface area contributed by atoms with Crippen molar-refractivity contribution in [3.05, 3.63) is 62.7 Å². The lowest BCUT2D eigenvalue weighted by Crippen LogP contribution is -2.30. The Morgan fingerprint density at radius 2 is 1.96 bits per heavy atom. The van der Waals surface area contributed by atoms with Gasteiger partial charge in [0.1, 0.15) is 5.76 Å². The molecule has 1 aromatic carbocycles. The highest BCUT2D eigenvalue weighted by Crippen LogP contribution is 2.39. The van der Waals surface area contributed by atoms with Gasteiger partial charge >= 0.3 is 12.1 Å². The van der Waals surface area contributed by atoms with Gasteiger partial charge in [-0.15, -0.1) is 0 Å². The van der Waals surface area contributed by atoms with E-state index >= 15 is 0 Å². The zero-order valence-electron chi connectivity index (χ0n) is 13.7. The van der Waals surface area contributed by atoms with E-state index in [0.29, 0.717) is 17.0 Å². The van der Waals surface area contributed by atoms with Gasteiger partial charge in [-0.2, -0.15) is 0 Å². The number of nitrogens with one attached hydrogen (secondary N) is 1. The summed E-state index contributed by atoms with van der Waals surface area (Å²) in [5.74, 6) is -1.69. The summed E-state index contributed by atoms with van der Waals surface area (Å²) < 4.78 is 9.65. The van der Waals surface area contributed by atoms with Gasteiger partial charge in [-0.25, -0.2) is 9.59 Å². The van der Waals surface area contributed by atoms with Crippen LogP contribution in [0.15, 0.2) is 47.0 Å². The molecule has 9 nitrogen and oxygen atoms in total. The normalized spacial score (nSPS) is 17.0. The molecule has 1 aliphatic heterocycles. The van der Waals surface area contributed by atoms with Crippen molar-refractivity contribution in [1.29, 1.82) is 0 Å². The second-order valence-electron chi connectivity index (χ2n) is 5.30. The predicted molar refractivity (Wildman–Crippen MR) is 85.5 cm³/mol. The molecule has 0 radical (unpaired) electrons. The minimum absolute atomic E-state index is 0.0426. The van der Waals surface area contributed by atoms with Gasteiger partial charge in [-0.05, 0) is 19.4 Å². The van der Waals surface area contributed by atoms with E-state index in [9.17, 15) is 19.7 Å². The van der Waals surface area contributed by atoms with Gasteiger partial charge in [0.25, 0.3) is 5.69 Å². The van der Waals surface area contributed by atoms with Crippen molar-refractivity contribution < 1.29 is 29.1 Å². The Morgan fingerprint density at radius 1 is 1.28 bits per heavy atom. The number of hydrogen-bond acceptors (Lipinski definition) is 7. The molecule has 9 heteroatoms. The summed E-state index contributed by atoms with van der Waals surface area (Å²) in [4.78, 5) is 33.8. The third kappa shape index (κ3) is 3.60. The minimum atomic E-state index is -1.56. The number of hydrogen-bond donors (Lipinski definition) is 2. The molecule has 1 unspecified atom stereocenters. The molecule has 2 rings (SSSR count). The van der Waals surface area contributed by atoms with Gasteiger partial charge in [-0.3, -0.25) is 10.1 Å². The van der Waals surface area contributed by atoms with Gasteiger partial charge in [-0.1, -0.05) is 12.1 Å². The number of esters is 1. The molecular formula is C16H16N2O7. The fraction of sp³-hybridized carbons (Fsp3) is 0.250. The SMILES string of the molecule is COC(=O)C1=C(C)NC(C)=C(OC(=O)O)C1c1cccc([N+](=O)[O-])c1. The number of non-ortho nitro benzene ring substituents is 1. The van der Waals surface area contributed by atoms with Crippen LogP contribution in [0.3, 0.4) is 0 Å². The molecule has 25 heavy (non-hydrogen) atoms. The van der Waals surface area contributed by atoms with Crippen LogP contribution >= 0.6 is 0 Å². The fourth-order valence-corrected chi connectivity index (χ4v) is 2.72. The fourth-order valence-electron chi connectivity index (χ4n) is 2.72. The van der Waals surface area contributed by atoms with E-state index in [-0.39, 0.29) is 17.0 Å². The van der Waals surface area contributed by atoms with Gasteiger partial charge < -0.3 is 19.9 Å². The van der Waals surface area contributed by atoms with Crippen LogP contribution in [0.1, 0.15) is 25.3 Å². The first-order valence-electron chi connectivity index (χ1n) is 7.18. The molecule has 1 aromatic rings. The lowest BCUT2D eigenvalue weighted by atomic mass is 9.85. The van der Waals surface area contributed by atoms with Crippen LogP contribution < -0.4 is 5.32 Å². The van der Waals surface area contributed by atoms with E-state index < -0.39 is 23.0 Å². The molecule has 0 fully saturated rings. The lowest BCUT2D eigenvalue weighted by Gasteiger charge is -2.29. The number of carbonyl (C=O) groups is 2. The summed E-state index contributed by atoms with van der Waals surface area (Å²) in [6, 6.07) is 5.57. The Hall–Kier alpha value is -3.36. The second-order valence-corrected chi connectivity index (χ2v) is 5.30. The van der Waals surface area contributed by atoms with Crippen LogP contribution in [-0.4, -0.2) is 29.3 Å². The number of allylic oxidation sites excluding steroid dienone is 3. The van der Waals surface area contributed by atoms with Crippen molar-refractivity contribution >= 4 is 17.8 Å². The zero-order valence-corrected chi connectivity index (χ0v) is 13.7. The maximum Gasteiger partial charge on any atom is 0.511 e. The van der Waals surface area contributed by atoms with Crippen molar-refractivity contribution in [2.75, 3.05) is 7.11 Å². The molecule has 0 bridgehead atoms. The predicted octanol–water partition coefficient (Wildman–Crippen LogP) is 2.65. The maximum absolute atomic E-state index is 12.2. The molecule has 2 N–H and O–H groups in total. The summed E-state index contributed by atoms with van der Waals surface area (Å²) >= 11 is 0. The number of nitrogens with zero attached hydrogens (tertiary/aromatic N) is 1. The largest absolute Gasteiger partial charge is 0.511 e. The number of rotatable bonds is 4. The number of benzene rings is 1. The van der Waals surface area contributed by atoms with Crippen LogP contribution in [0.2, 0.25) is 0 Å². The highest BCUT2D eigenvalue weighted by molar-refractivity contribution is 5.92. The Kier molecular flexibility index (Phi) is 5.06. The molecule has 1 heterocycles. The first-order chi connectivity index (χ1) is 11.8. The number of dihydropyridines is 1. The molecule has 1 atom stereocenters. The van der Waals surface area contributed by atoms with Gasteiger partial charge in [0, 0.05) is 17.8 Å². The summed E-state index contributed by atoms with van der Waals surface area (Å²) in [5.41, 5.74) is 1.09. The molecule has 0 aliphatic carbocycles. The van der Waals surface area contributed by atoms with Gasteiger partial charge in [0.05, 0.1) is 29.2 Å². The lowest BCUT2D eigenvalue weighted by molar-refractivity contribution is -0.384. The molecule has 132 valence electrons. The average Bonchev–Trinajstić information content (AvgIpc) is 2.56. The molecule has 1 aliphatic rings. The molecular weight excluding hydrogens is 332 g/mol. The maximum atomic E-state index is 12.2. The van der Waals surface area contributed by atoms with Crippen LogP contribution in [0.25, 0.3) is 0 Å². The summed E-state index contributed by atoms with van der Waals surface area (Å²) in [6.45, 7) is 3.21. The van der Waals surface area contributed by atoms with Crippen molar-refractivity contribution in [2.45, 2.75) is 19.8 Å². The summed E-state index contributed by atoms with van der Waals surface area (Å²) in [5, 5.41) is 22.9. The van der Waals surface area contributed by atoms with Crippen LogP contribution in [-0.2, 0) is 14.3 Å². The van der Waals surface area contributed by atoms with Crippen LogP contribution in [0, 0.1) is 10.1 Å². The minimum Gasteiger partial charge on any atom is -0.466 e. The molecule has 0 saturated carbocycles. The van der Waals surface area contributed by atoms with Crippen molar-refractivity contribution in [1.82, 2.24) is 5.32 Å². The van der Waals surface area contributed by atoms with E-state index in [1.807, 2.05) is 0 Å². The summed E-state index contributed by atoms with van der Waals surface area (Å²) in [7, 11) is 1.19. The second kappa shape index (κ2) is 7.04. The number of ether oxygens (including phenoxy) is 2. The smallest absolute Gasteiger partial charge is 0.466 e. The van der Waals surface area contributed by atoms with Gasteiger partial charge in [0.15, 0.2) is 0 Å². The van der Waals surface area contributed by atoms with Crippen molar-refractivity contribution in [3.8, 4) is 0 Å². The Morgan fingerprint density at radius 3 is 2.52 bits per heavy atom. The number of nitro groups is 1. The van der Waals surface area contributed by atoms with E-state index in [0.717, 1.165) is 0 Å². The third-order valence-electron chi connectivity index (χ3n) is 3.72. The van der Waals surface area contributed by atoms with Crippen LogP contribution in [0.5, 0.6) is 0 Å². The van der Waals surface area contributed by atoms with Crippen molar-refractivity contribution in [2.24, 2.45) is 0 Å². The Bertz CT molecular complexity index is 810. The highest BCUT2D eigenvalue weighted by Gasteiger charge is 2.36. The standard InChI is InChI=1S/C16H16N2O7/c1-8-12(15(19)24-3)13(14(9(2)17-8)25-16(20)21)10-5-4-6-11(7-10)18(22)23/h4-7,13,17H,1-3H3,(H,20,21).